The molecule has 1 aliphatic carbocycles. The summed E-state index contributed by atoms with van der Waals surface area (Å²) in [6.45, 7) is 0. The Morgan fingerprint density at radius 3 is 2.58 bits per heavy atom. The molecule has 0 radical (unpaired) electrons. The summed E-state index contributed by atoms with van der Waals surface area (Å²) in [6, 6.07) is 8.84. The van der Waals surface area contributed by atoms with E-state index in [9.17, 15) is 15.0 Å². The summed E-state index contributed by atoms with van der Waals surface area (Å²) in [5.41, 5.74) is 0.993. The maximum Gasteiger partial charge on any atom is 0.321 e. The molecule has 3 atom stereocenters. The highest BCUT2D eigenvalue weighted by molar-refractivity contribution is 5.74. The molecule has 4 heteroatoms. The van der Waals surface area contributed by atoms with Crippen molar-refractivity contribution < 1.29 is 15.0 Å². The van der Waals surface area contributed by atoms with Crippen LogP contribution in [0.25, 0.3) is 0 Å². The number of aliphatic hydroxyl groups excluding tert-OH is 1. The standard InChI is InChI=1S/C15H21NO3/c17-14-9-5-4-8-12(14)16-13(15(18)19)10-11-6-2-1-3-7-11/h1-3,6-7,12-14,16-17H,4-5,8-10H2,(H,18,19)/t12-,13-,14-/m1/s1. The lowest BCUT2D eigenvalue weighted by Crippen LogP contribution is -2.50. The fourth-order valence-corrected chi connectivity index (χ4v) is 2.63. The average Bonchev–Trinajstić information content (AvgIpc) is 2.41. The van der Waals surface area contributed by atoms with Gasteiger partial charge in [0, 0.05) is 6.04 Å². The van der Waals surface area contributed by atoms with E-state index in [1.165, 1.54) is 0 Å². The largest absolute Gasteiger partial charge is 0.480 e. The smallest absolute Gasteiger partial charge is 0.321 e. The molecule has 1 aliphatic rings. The molecule has 0 aliphatic heterocycles. The van der Waals surface area contributed by atoms with Gasteiger partial charge < -0.3 is 10.2 Å². The van der Waals surface area contributed by atoms with Crippen LogP contribution in [-0.2, 0) is 11.2 Å². The van der Waals surface area contributed by atoms with Crippen molar-refractivity contribution in [2.45, 2.75) is 50.3 Å². The van der Waals surface area contributed by atoms with Crippen LogP contribution in [0.3, 0.4) is 0 Å². The molecule has 4 nitrogen and oxygen atoms in total. The van der Waals surface area contributed by atoms with Gasteiger partial charge in [-0.25, -0.2) is 0 Å². The van der Waals surface area contributed by atoms with E-state index in [1.807, 2.05) is 30.3 Å². The third-order valence-electron chi connectivity index (χ3n) is 3.73. The predicted molar refractivity (Wildman–Crippen MR) is 73.0 cm³/mol. The number of carbonyl (C=O) groups is 1. The van der Waals surface area contributed by atoms with Crippen molar-refractivity contribution in [2.24, 2.45) is 0 Å². The molecule has 0 spiro atoms. The van der Waals surface area contributed by atoms with Gasteiger partial charge in [-0.2, -0.15) is 0 Å². The van der Waals surface area contributed by atoms with Crippen LogP contribution in [0.2, 0.25) is 0 Å². The zero-order chi connectivity index (χ0) is 13.7. The maximum absolute atomic E-state index is 11.3. The Morgan fingerprint density at radius 1 is 1.26 bits per heavy atom. The van der Waals surface area contributed by atoms with E-state index < -0.39 is 18.1 Å². The molecule has 19 heavy (non-hydrogen) atoms. The van der Waals surface area contributed by atoms with E-state index in [4.69, 9.17) is 0 Å². The zero-order valence-electron chi connectivity index (χ0n) is 11.0. The first-order valence-corrected chi connectivity index (χ1v) is 6.87. The van der Waals surface area contributed by atoms with Crippen LogP contribution in [0.5, 0.6) is 0 Å². The molecule has 0 heterocycles. The normalized spacial score (nSPS) is 24.9. The van der Waals surface area contributed by atoms with Crippen LogP contribution < -0.4 is 5.32 Å². The summed E-state index contributed by atoms with van der Waals surface area (Å²) in [6.07, 6.45) is 3.70. The number of nitrogens with one attached hydrogen (secondary N) is 1. The summed E-state index contributed by atoms with van der Waals surface area (Å²) in [4.78, 5) is 11.3. The summed E-state index contributed by atoms with van der Waals surface area (Å²) >= 11 is 0. The second-order valence-corrected chi connectivity index (χ2v) is 5.21. The van der Waals surface area contributed by atoms with Crippen molar-refractivity contribution in [3.63, 3.8) is 0 Å². The number of carboxylic acid groups (broad SMARTS) is 1. The van der Waals surface area contributed by atoms with Crippen LogP contribution in [0.1, 0.15) is 31.2 Å². The zero-order valence-corrected chi connectivity index (χ0v) is 11.0. The van der Waals surface area contributed by atoms with Crippen LogP contribution in [0, 0.1) is 0 Å². The maximum atomic E-state index is 11.3. The highest BCUT2D eigenvalue weighted by Crippen LogP contribution is 2.19. The summed E-state index contributed by atoms with van der Waals surface area (Å²) < 4.78 is 0. The van der Waals surface area contributed by atoms with E-state index in [-0.39, 0.29) is 6.04 Å². The van der Waals surface area contributed by atoms with Crippen LogP contribution >= 0.6 is 0 Å². The molecule has 1 fully saturated rings. The second kappa shape index (κ2) is 6.68. The highest BCUT2D eigenvalue weighted by atomic mass is 16.4. The Morgan fingerprint density at radius 2 is 1.95 bits per heavy atom. The van der Waals surface area contributed by atoms with E-state index in [0.717, 1.165) is 31.2 Å². The SMILES string of the molecule is O=C(O)[C@@H](Cc1ccccc1)N[C@@H]1CCCC[C@H]1O. The molecule has 3 N–H and O–H groups in total. The Labute approximate surface area is 113 Å². The van der Waals surface area contributed by atoms with Gasteiger partial charge in [-0.05, 0) is 24.8 Å². The van der Waals surface area contributed by atoms with E-state index in [0.29, 0.717) is 6.42 Å². The summed E-state index contributed by atoms with van der Waals surface area (Å²) in [7, 11) is 0. The molecule has 1 aromatic rings. The van der Waals surface area contributed by atoms with Gasteiger partial charge in [0.1, 0.15) is 6.04 Å². The molecule has 104 valence electrons. The number of rotatable bonds is 5. The van der Waals surface area contributed by atoms with Gasteiger partial charge in [0.25, 0.3) is 0 Å². The number of aliphatic carboxylic acids is 1. The lowest BCUT2D eigenvalue weighted by atomic mass is 9.91. The molecule has 0 unspecified atom stereocenters. The summed E-state index contributed by atoms with van der Waals surface area (Å²) in [5.74, 6) is -0.860. The van der Waals surface area contributed by atoms with Crippen molar-refractivity contribution >= 4 is 5.97 Å². The number of hydrogen-bond acceptors (Lipinski definition) is 3. The Hall–Kier alpha value is -1.39. The van der Waals surface area contributed by atoms with E-state index >= 15 is 0 Å². The van der Waals surface area contributed by atoms with Crippen LogP contribution in [0.4, 0.5) is 0 Å². The first-order valence-electron chi connectivity index (χ1n) is 6.87. The van der Waals surface area contributed by atoms with E-state index in [1.54, 1.807) is 0 Å². The molecular weight excluding hydrogens is 242 g/mol. The van der Waals surface area contributed by atoms with Gasteiger partial charge in [-0.15, -0.1) is 0 Å². The topological polar surface area (TPSA) is 69.6 Å². The first kappa shape index (κ1) is 14.0. The number of carboxylic acids is 1. The lowest BCUT2D eigenvalue weighted by Gasteiger charge is -2.31. The molecule has 0 amide bonds. The minimum Gasteiger partial charge on any atom is -0.480 e. The van der Waals surface area contributed by atoms with Crippen molar-refractivity contribution in [2.75, 3.05) is 0 Å². The molecule has 0 saturated heterocycles. The van der Waals surface area contributed by atoms with Gasteiger partial charge in [0.15, 0.2) is 0 Å². The molecule has 2 rings (SSSR count). The van der Waals surface area contributed by atoms with Gasteiger partial charge in [-0.1, -0.05) is 43.2 Å². The van der Waals surface area contributed by atoms with Gasteiger partial charge in [0.05, 0.1) is 6.10 Å². The van der Waals surface area contributed by atoms with E-state index in [2.05, 4.69) is 5.32 Å². The van der Waals surface area contributed by atoms with Gasteiger partial charge >= 0.3 is 5.97 Å². The first-order chi connectivity index (χ1) is 9.16. The van der Waals surface area contributed by atoms with Gasteiger partial charge in [0.2, 0.25) is 0 Å². The minimum absolute atomic E-state index is 0.0986. The van der Waals surface area contributed by atoms with Gasteiger partial charge in [-0.3, -0.25) is 10.1 Å². The quantitative estimate of drug-likeness (QED) is 0.754. The Kier molecular flexibility index (Phi) is 4.93. The Bertz CT molecular complexity index is 407. The van der Waals surface area contributed by atoms with Crippen LogP contribution in [-0.4, -0.2) is 34.4 Å². The van der Waals surface area contributed by atoms with Crippen molar-refractivity contribution in [3.8, 4) is 0 Å². The monoisotopic (exact) mass is 263 g/mol. The molecular formula is C15H21NO3. The van der Waals surface area contributed by atoms with Crippen molar-refractivity contribution in [1.82, 2.24) is 5.32 Å². The number of benzene rings is 1. The fraction of sp³-hybridized carbons (Fsp3) is 0.533. The second-order valence-electron chi connectivity index (χ2n) is 5.21. The lowest BCUT2D eigenvalue weighted by molar-refractivity contribution is -0.140. The molecule has 1 aromatic carbocycles. The third kappa shape index (κ3) is 4.04. The number of hydrogen-bond donors (Lipinski definition) is 3. The molecule has 1 saturated carbocycles. The molecule has 0 aromatic heterocycles. The number of aliphatic hydroxyl groups is 1. The highest BCUT2D eigenvalue weighted by Gasteiger charge is 2.28. The summed E-state index contributed by atoms with van der Waals surface area (Å²) in [5, 5.41) is 22.3. The average molecular weight is 263 g/mol. The fourth-order valence-electron chi connectivity index (χ4n) is 2.63. The van der Waals surface area contributed by atoms with Crippen molar-refractivity contribution in [3.05, 3.63) is 35.9 Å². The predicted octanol–water partition coefficient (Wildman–Crippen LogP) is 1.58. The van der Waals surface area contributed by atoms with Crippen molar-refractivity contribution in [1.29, 1.82) is 0 Å². The minimum atomic E-state index is -0.860. The molecule has 0 bridgehead atoms. The third-order valence-corrected chi connectivity index (χ3v) is 3.73. The van der Waals surface area contributed by atoms with Crippen LogP contribution in [0.15, 0.2) is 30.3 Å². The Balaban J connectivity index is 1.98.